The first kappa shape index (κ1) is 26.6. The summed E-state index contributed by atoms with van der Waals surface area (Å²) in [4.78, 5) is 38.8. The van der Waals surface area contributed by atoms with E-state index in [9.17, 15) is 14.4 Å². The Morgan fingerprint density at radius 3 is 2.19 bits per heavy atom. The number of nitrogens with zero attached hydrogens (tertiary/aromatic N) is 1. The molecule has 0 radical (unpaired) electrons. The fourth-order valence-electron chi connectivity index (χ4n) is 2.77. The average Bonchev–Trinajstić information content (AvgIpc) is 2.70. The summed E-state index contributed by atoms with van der Waals surface area (Å²) in [6, 6.07) is 10.0. The highest BCUT2D eigenvalue weighted by Crippen LogP contribution is 2.15. The zero-order chi connectivity index (χ0) is 23.2. The lowest BCUT2D eigenvalue weighted by Crippen LogP contribution is -2.45. The van der Waals surface area contributed by atoms with Crippen LogP contribution in [-0.4, -0.2) is 67.3 Å². The van der Waals surface area contributed by atoms with Gasteiger partial charge in [-0.05, 0) is 18.7 Å². The van der Waals surface area contributed by atoms with Crippen LogP contribution >= 0.6 is 11.8 Å². The van der Waals surface area contributed by atoms with Crippen LogP contribution in [0.4, 0.5) is 0 Å². The summed E-state index contributed by atoms with van der Waals surface area (Å²) in [6.45, 7) is 5.78. The fourth-order valence-corrected chi connectivity index (χ4v) is 3.30. The van der Waals surface area contributed by atoms with Gasteiger partial charge < -0.3 is 18.9 Å². The molecule has 1 aromatic carbocycles. The third kappa shape index (κ3) is 11.5. The summed E-state index contributed by atoms with van der Waals surface area (Å²) < 4.78 is 21.4. The van der Waals surface area contributed by atoms with Crippen molar-refractivity contribution in [1.82, 2.24) is 0 Å². The molecule has 0 N–H and O–H groups in total. The molecular formula is C22H31NO7S. The molecule has 1 aromatic rings. The van der Waals surface area contributed by atoms with Crippen molar-refractivity contribution >= 4 is 34.7 Å². The van der Waals surface area contributed by atoms with Crippen LogP contribution in [0.2, 0.25) is 0 Å². The molecule has 0 aliphatic carbocycles. The Morgan fingerprint density at radius 2 is 1.65 bits per heavy atom. The topological polar surface area (TPSA) is 100 Å². The zero-order valence-corrected chi connectivity index (χ0v) is 19.5. The summed E-state index contributed by atoms with van der Waals surface area (Å²) in [5, 5.41) is 0.955. The molecule has 9 heteroatoms. The SMILES string of the molecule is CSC(Cc1ccccc1)=NCCO[C@H](COC(C)=O)[C@@H](OC(C)=O)[C@@H](C)OC(C)=O. The van der Waals surface area contributed by atoms with Crippen LogP contribution in [-0.2, 0) is 39.8 Å². The van der Waals surface area contributed by atoms with Crippen molar-refractivity contribution in [3.8, 4) is 0 Å². The summed E-state index contributed by atoms with van der Waals surface area (Å²) in [7, 11) is 0. The number of esters is 3. The van der Waals surface area contributed by atoms with Gasteiger partial charge in [0, 0.05) is 27.2 Å². The van der Waals surface area contributed by atoms with Gasteiger partial charge in [-0.15, -0.1) is 11.8 Å². The molecule has 3 atom stereocenters. The maximum atomic E-state index is 11.6. The van der Waals surface area contributed by atoms with Gasteiger partial charge in [0.05, 0.1) is 18.2 Å². The summed E-state index contributed by atoms with van der Waals surface area (Å²) >= 11 is 1.56. The number of rotatable bonds is 12. The Balaban J connectivity index is 2.80. The van der Waals surface area contributed by atoms with Crippen LogP contribution in [0, 0.1) is 0 Å². The monoisotopic (exact) mass is 453 g/mol. The fraction of sp³-hybridized carbons (Fsp3) is 0.545. The minimum Gasteiger partial charge on any atom is -0.463 e. The van der Waals surface area contributed by atoms with Gasteiger partial charge in [0.15, 0.2) is 6.10 Å². The van der Waals surface area contributed by atoms with Gasteiger partial charge >= 0.3 is 17.9 Å². The number of thioether (sulfide) groups is 1. The molecule has 0 spiro atoms. The first-order valence-electron chi connectivity index (χ1n) is 9.93. The number of carbonyl (C=O) groups excluding carboxylic acids is 3. The zero-order valence-electron chi connectivity index (χ0n) is 18.7. The summed E-state index contributed by atoms with van der Waals surface area (Å²) in [6.07, 6.45) is 0.144. The summed E-state index contributed by atoms with van der Waals surface area (Å²) in [5.74, 6) is -1.59. The van der Waals surface area contributed by atoms with Crippen LogP contribution in [0.5, 0.6) is 0 Å². The van der Waals surface area contributed by atoms with E-state index in [1.54, 1.807) is 18.7 Å². The van der Waals surface area contributed by atoms with Gasteiger partial charge in [0.2, 0.25) is 0 Å². The van der Waals surface area contributed by atoms with E-state index in [0.717, 1.165) is 17.0 Å². The van der Waals surface area contributed by atoms with E-state index in [2.05, 4.69) is 4.99 Å². The lowest BCUT2D eigenvalue weighted by Gasteiger charge is -2.30. The number of carbonyl (C=O) groups is 3. The number of aliphatic imine (C=N–C) groups is 1. The highest BCUT2D eigenvalue weighted by Gasteiger charge is 2.33. The standard InChI is InChI=1S/C22H31NO7S/c1-15(29-17(3)25)22(30-18(4)26)20(14-28-16(2)24)27-12-11-23-21(31-5)13-19-9-7-6-8-10-19/h6-10,15,20,22H,11-14H2,1-5H3/t15-,20-,22+/m1/s1. The maximum absolute atomic E-state index is 11.6. The van der Waals surface area contributed by atoms with Crippen LogP contribution < -0.4 is 0 Å². The first-order valence-corrected chi connectivity index (χ1v) is 11.2. The normalized spacial score (nSPS) is 14.3. The van der Waals surface area contributed by atoms with Gasteiger partial charge in [0.1, 0.15) is 18.8 Å². The Bertz CT molecular complexity index is 739. The molecule has 0 heterocycles. The van der Waals surface area contributed by atoms with E-state index >= 15 is 0 Å². The lowest BCUT2D eigenvalue weighted by atomic mass is 10.1. The smallest absolute Gasteiger partial charge is 0.303 e. The van der Waals surface area contributed by atoms with Crippen LogP contribution in [0.1, 0.15) is 33.3 Å². The molecule has 0 fully saturated rings. The second-order valence-electron chi connectivity index (χ2n) is 6.74. The van der Waals surface area contributed by atoms with Gasteiger partial charge in [-0.3, -0.25) is 19.4 Å². The molecule has 172 valence electrons. The van der Waals surface area contributed by atoms with Crippen molar-refractivity contribution in [3.63, 3.8) is 0 Å². The molecule has 0 amide bonds. The molecule has 0 unspecified atom stereocenters. The van der Waals surface area contributed by atoms with Crippen LogP contribution in [0.3, 0.4) is 0 Å². The van der Waals surface area contributed by atoms with Gasteiger partial charge in [-0.2, -0.15) is 0 Å². The van der Waals surface area contributed by atoms with E-state index < -0.39 is 36.2 Å². The van der Waals surface area contributed by atoms with E-state index in [1.165, 1.54) is 20.8 Å². The van der Waals surface area contributed by atoms with Crippen molar-refractivity contribution in [2.45, 2.75) is 52.4 Å². The first-order chi connectivity index (χ1) is 14.7. The highest BCUT2D eigenvalue weighted by atomic mass is 32.2. The lowest BCUT2D eigenvalue weighted by molar-refractivity contribution is -0.182. The van der Waals surface area contributed by atoms with E-state index in [0.29, 0.717) is 6.54 Å². The minimum absolute atomic E-state index is 0.151. The minimum atomic E-state index is -0.936. The number of benzene rings is 1. The third-order valence-corrected chi connectivity index (χ3v) is 4.82. The second kappa shape index (κ2) is 14.6. The molecule has 31 heavy (non-hydrogen) atoms. The maximum Gasteiger partial charge on any atom is 0.303 e. The molecule has 0 saturated heterocycles. The van der Waals surface area contributed by atoms with Gasteiger partial charge in [0.25, 0.3) is 0 Å². The van der Waals surface area contributed by atoms with Crippen molar-refractivity contribution in [1.29, 1.82) is 0 Å². The Kier molecular flexibility index (Phi) is 12.5. The number of hydrogen-bond acceptors (Lipinski definition) is 9. The third-order valence-electron chi connectivity index (χ3n) is 4.08. The van der Waals surface area contributed by atoms with Gasteiger partial charge in [-0.25, -0.2) is 0 Å². The quantitative estimate of drug-likeness (QED) is 0.157. The molecule has 0 aromatic heterocycles. The second-order valence-corrected chi connectivity index (χ2v) is 7.62. The van der Waals surface area contributed by atoms with Crippen molar-refractivity contribution in [3.05, 3.63) is 35.9 Å². The average molecular weight is 454 g/mol. The van der Waals surface area contributed by atoms with Gasteiger partial charge in [-0.1, -0.05) is 30.3 Å². The predicted molar refractivity (Wildman–Crippen MR) is 119 cm³/mol. The molecule has 0 aliphatic heterocycles. The predicted octanol–water partition coefficient (Wildman–Crippen LogP) is 2.82. The van der Waals surface area contributed by atoms with Crippen molar-refractivity contribution in [2.24, 2.45) is 4.99 Å². The van der Waals surface area contributed by atoms with Crippen molar-refractivity contribution in [2.75, 3.05) is 26.0 Å². The van der Waals surface area contributed by atoms with E-state index in [-0.39, 0.29) is 13.2 Å². The molecule has 0 bridgehead atoms. The van der Waals surface area contributed by atoms with Crippen molar-refractivity contribution < 1.29 is 33.3 Å². The molecule has 8 nitrogen and oxygen atoms in total. The Labute approximate surface area is 187 Å². The molecule has 1 rings (SSSR count). The van der Waals surface area contributed by atoms with Crippen LogP contribution in [0.25, 0.3) is 0 Å². The number of hydrogen-bond donors (Lipinski definition) is 0. The Morgan fingerprint density at radius 1 is 1.00 bits per heavy atom. The number of ether oxygens (including phenoxy) is 4. The summed E-state index contributed by atoms with van der Waals surface area (Å²) in [5.41, 5.74) is 1.16. The van der Waals surface area contributed by atoms with E-state index in [1.807, 2.05) is 36.6 Å². The molecular weight excluding hydrogens is 422 g/mol. The van der Waals surface area contributed by atoms with E-state index in [4.69, 9.17) is 18.9 Å². The molecule has 0 aliphatic rings. The molecule has 0 saturated carbocycles. The highest BCUT2D eigenvalue weighted by molar-refractivity contribution is 8.13. The Hall–Kier alpha value is -2.39. The largest absolute Gasteiger partial charge is 0.463 e. The van der Waals surface area contributed by atoms with Crippen LogP contribution in [0.15, 0.2) is 35.3 Å².